The van der Waals surface area contributed by atoms with E-state index in [0.717, 1.165) is 28.5 Å². The number of methoxy groups -OCH3 is 3. The minimum absolute atomic E-state index is 0.178. The molecular weight excluding hydrogens is 460 g/mol. The van der Waals surface area contributed by atoms with Gasteiger partial charge >= 0.3 is 0 Å². The number of nitrogens with one attached hydrogen (secondary N) is 1. The van der Waals surface area contributed by atoms with E-state index in [9.17, 15) is 0 Å². The molecule has 4 aromatic rings. The van der Waals surface area contributed by atoms with Gasteiger partial charge in [0.25, 0.3) is 0 Å². The number of hydrogen-bond donors (Lipinski definition) is 1. The van der Waals surface area contributed by atoms with Gasteiger partial charge in [-0.05, 0) is 72.9 Å². The van der Waals surface area contributed by atoms with Crippen LogP contribution in [-0.2, 0) is 0 Å². The van der Waals surface area contributed by atoms with Gasteiger partial charge in [-0.3, -0.25) is 4.98 Å². The Kier molecular flexibility index (Phi) is 6.29. The molecule has 0 bridgehead atoms. The number of benzene rings is 2. The molecule has 5 rings (SSSR count). The average Bonchev–Trinajstić information content (AvgIpc) is 3.53. The summed E-state index contributed by atoms with van der Waals surface area (Å²) in [4.78, 5) is 6.75. The largest absolute Gasteiger partial charge is 0.497 e. The van der Waals surface area contributed by atoms with Gasteiger partial charge in [-0.1, -0.05) is 6.07 Å². The van der Waals surface area contributed by atoms with Crippen LogP contribution in [-0.4, -0.2) is 36.0 Å². The third-order valence-electron chi connectivity index (χ3n) is 6.18. The highest BCUT2D eigenvalue weighted by Crippen LogP contribution is 2.45. The van der Waals surface area contributed by atoms with Crippen molar-refractivity contribution in [2.75, 3.05) is 26.2 Å². The van der Waals surface area contributed by atoms with E-state index in [4.69, 9.17) is 26.4 Å². The Labute approximate surface area is 209 Å². The van der Waals surface area contributed by atoms with E-state index in [1.54, 1.807) is 27.5 Å². The molecule has 178 valence electrons. The molecule has 8 heteroatoms. The van der Waals surface area contributed by atoms with Crippen molar-refractivity contribution < 1.29 is 14.2 Å². The molecule has 0 aliphatic carbocycles. The van der Waals surface area contributed by atoms with Crippen molar-refractivity contribution in [3.05, 3.63) is 96.6 Å². The van der Waals surface area contributed by atoms with Crippen LogP contribution in [0.2, 0.25) is 0 Å². The van der Waals surface area contributed by atoms with Crippen LogP contribution < -0.4 is 24.4 Å². The summed E-state index contributed by atoms with van der Waals surface area (Å²) in [5, 5.41) is 4.10. The second kappa shape index (κ2) is 9.68. The number of aromatic nitrogens is 2. The minimum atomic E-state index is -0.197. The van der Waals surface area contributed by atoms with E-state index in [1.165, 1.54) is 0 Å². The molecule has 0 spiro atoms. The van der Waals surface area contributed by atoms with Gasteiger partial charge in [0.15, 0.2) is 5.11 Å². The molecular formula is C27H26N4O3S. The van der Waals surface area contributed by atoms with Gasteiger partial charge in [-0.15, -0.1) is 0 Å². The van der Waals surface area contributed by atoms with Crippen LogP contribution in [0.3, 0.4) is 0 Å². The van der Waals surface area contributed by atoms with Crippen molar-refractivity contribution in [3.63, 3.8) is 0 Å². The van der Waals surface area contributed by atoms with Crippen molar-refractivity contribution in [1.82, 2.24) is 14.9 Å². The van der Waals surface area contributed by atoms with Gasteiger partial charge in [0, 0.05) is 29.8 Å². The lowest BCUT2D eigenvalue weighted by Gasteiger charge is -2.30. The normalized spacial score (nSPS) is 17.2. The predicted octanol–water partition coefficient (Wildman–Crippen LogP) is 5.08. The van der Waals surface area contributed by atoms with Crippen molar-refractivity contribution in [3.8, 4) is 22.9 Å². The molecule has 0 amide bonds. The monoisotopic (exact) mass is 486 g/mol. The lowest BCUT2D eigenvalue weighted by Crippen LogP contribution is -2.30. The van der Waals surface area contributed by atoms with E-state index < -0.39 is 0 Å². The van der Waals surface area contributed by atoms with E-state index >= 15 is 0 Å². The standard InChI is InChI=1S/C27H26N4O3S/c1-32-19-11-9-18(10-12-19)30-16-6-8-23(30)26-25(21-7-4-5-15-28-21)29-27(35)31(26)22-14-13-20(33-2)17-24(22)34-3/h4-17,25-26H,1-3H3,(H,29,35)/t25-,26+/m1/s1. The summed E-state index contributed by atoms with van der Waals surface area (Å²) >= 11 is 5.89. The number of rotatable bonds is 7. The molecule has 3 heterocycles. The summed E-state index contributed by atoms with van der Waals surface area (Å²) in [6.07, 6.45) is 3.85. The SMILES string of the molecule is COc1ccc(-n2cccc2[C@H]2[C@@H](c3ccccn3)NC(=S)N2c2ccc(OC)cc2OC)cc1. The van der Waals surface area contributed by atoms with Crippen molar-refractivity contribution >= 4 is 23.0 Å². The quantitative estimate of drug-likeness (QED) is 0.366. The topological polar surface area (TPSA) is 60.8 Å². The molecule has 2 atom stereocenters. The zero-order valence-corrected chi connectivity index (χ0v) is 20.5. The smallest absolute Gasteiger partial charge is 0.174 e. The number of nitrogens with zero attached hydrogens (tertiary/aromatic N) is 3. The maximum absolute atomic E-state index is 5.89. The molecule has 0 unspecified atom stereocenters. The van der Waals surface area contributed by atoms with Crippen LogP contribution in [0.25, 0.3) is 5.69 Å². The number of thiocarbonyl (C=S) groups is 1. The maximum atomic E-state index is 5.89. The highest BCUT2D eigenvalue weighted by atomic mass is 32.1. The Morgan fingerprint density at radius 3 is 2.31 bits per heavy atom. The fourth-order valence-electron chi connectivity index (χ4n) is 4.51. The van der Waals surface area contributed by atoms with E-state index in [1.807, 2.05) is 66.7 Å². The van der Waals surface area contributed by atoms with Gasteiger partial charge < -0.3 is 29.0 Å². The fourth-order valence-corrected chi connectivity index (χ4v) is 4.85. The van der Waals surface area contributed by atoms with Gasteiger partial charge in [0.1, 0.15) is 23.3 Å². The average molecular weight is 487 g/mol. The molecule has 0 radical (unpaired) electrons. The first-order valence-electron chi connectivity index (χ1n) is 11.2. The van der Waals surface area contributed by atoms with E-state index in [-0.39, 0.29) is 12.1 Å². The second-order valence-electron chi connectivity index (χ2n) is 8.04. The highest BCUT2D eigenvalue weighted by molar-refractivity contribution is 7.80. The number of anilines is 1. The van der Waals surface area contributed by atoms with E-state index in [2.05, 4.69) is 32.0 Å². The molecule has 7 nitrogen and oxygen atoms in total. The Morgan fingerprint density at radius 2 is 1.63 bits per heavy atom. The predicted molar refractivity (Wildman–Crippen MR) is 140 cm³/mol. The Hall–Kier alpha value is -4.04. The van der Waals surface area contributed by atoms with Crippen LogP contribution in [0.5, 0.6) is 17.2 Å². The number of ether oxygens (including phenoxy) is 3. The van der Waals surface area contributed by atoms with Crippen molar-refractivity contribution in [2.24, 2.45) is 0 Å². The van der Waals surface area contributed by atoms with E-state index in [0.29, 0.717) is 16.6 Å². The first-order valence-corrected chi connectivity index (χ1v) is 11.6. The lowest BCUT2D eigenvalue weighted by molar-refractivity contribution is 0.394. The van der Waals surface area contributed by atoms with Gasteiger partial charge in [-0.25, -0.2) is 0 Å². The van der Waals surface area contributed by atoms with Gasteiger partial charge in [0.2, 0.25) is 0 Å². The molecule has 2 aromatic heterocycles. The molecule has 1 N–H and O–H groups in total. The lowest BCUT2D eigenvalue weighted by atomic mass is 10.0. The molecule has 1 aliphatic heterocycles. The summed E-state index contributed by atoms with van der Waals surface area (Å²) in [7, 11) is 4.95. The Balaban J connectivity index is 1.66. The molecule has 2 aromatic carbocycles. The van der Waals surface area contributed by atoms with Crippen molar-refractivity contribution in [2.45, 2.75) is 12.1 Å². The zero-order chi connectivity index (χ0) is 24.4. The summed E-state index contributed by atoms with van der Waals surface area (Å²) in [5.74, 6) is 2.19. The number of pyridine rings is 1. The Morgan fingerprint density at radius 1 is 0.857 bits per heavy atom. The fraction of sp³-hybridized carbons (Fsp3) is 0.185. The Bertz CT molecular complexity index is 1320. The molecule has 1 aliphatic rings. The van der Waals surface area contributed by atoms with Crippen LogP contribution in [0.4, 0.5) is 5.69 Å². The second-order valence-corrected chi connectivity index (χ2v) is 8.42. The maximum Gasteiger partial charge on any atom is 0.174 e. The summed E-state index contributed by atoms with van der Waals surface area (Å²) in [6.45, 7) is 0. The molecule has 1 fully saturated rings. The van der Waals surface area contributed by atoms with Gasteiger partial charge in [-0.2, -0.15) is 0 Å². The van der Waals surface area contributed by atoms with Crippen LogP contribution in [0.1, 0.15) is 23.5 Å². The first-order chi connectivity index (χ1) is 17.1. The third-order valence-corrected chi connectivity index (χ3v) is 6.49. The first kappa shape index (κ1) is 22.7. The van der Waals surface area contributed by atoms with Crippen LogP contribution >= 0.6 is 12.2 Å². The molecule has 1 saturated heterocycles. The highest BCUT2D eigenvalue weighted by Gasteiger charge is 2.43. The van der Waals surface area contributed by atoms with Crippen molar-refractivity contribution in [1.29, 1.82) is 0 Å². The van der Waals surface area contributed by atoms with Gasteiger partial charge in [0.05, 0.1) is 38.8 Å². The minimum Gasteiger partial charge on any atom is -0.497 e. The van der Waals surface area contributed by atoms with Crippen LogP contribution in [0.15, 0.2) is 85.2 Å². The molecule has 35 heavy (non-hydrogen) atoms. The molecule has 0 saturated carbocycles. The summed E-state index contributed by atoms with van der Waals surface area (Å²) in [6, 6.07) is 23.4. The number of hydrogen-bond acceptors (Lipinski definition) is 5. The third kappa shape index (κ3) is 4.17. The summed E-state index contributed by atoms with van der Waals surface area (Å²) < 4.78 is 18.7. The zero-order valence-electron chi connectivity index (χ0n) is 19.7. The summed E-state index contributed by atoms with van der Waals surface area (Å²) in [5.41, 5.74) is 3.81. The van der Waals surface area contributed by atoms with Crippen LogP contribution in [0, 0.1) is 0 Å².